The van der Waals surface area contributed by atoms with Gasteiger partial charge in [-0.25, -0.2) is 5.06 Å². The molecule has 2 fully saturated rings. The van der Waals surface area contributed by atoms with Gasteiger partial charge in [0.05, 0.1) is 5.69 Å². The first-order valence-electron chi connectivity index (χ1n) is 8.80. The monoisotopic (exact) mass is 352 g/mol. The van der Waals surface area contributed by atoms with E-state index < -0.39 is 22.6 Å². The smallest absolute Gasteiger partial charge is 0.291 e. The van der Waals surface area contributed by atoms with E-state index >= 15 is 0 Å². The molecule has 1 heterocycles. The van der Waals surface area contributed by atoms with E-state index in [1.807, 2.05) is 61.5 Å². The summed E-state index contributed by atoms with van der Waals surface area (Å²) < 4.78 is 0. The minimum absolute atomic E-state index is 0.214. The second kappa shape index (κ2) is 6.21. The molecule has 26 heavy (non-hydrogen) atoms. The Morgan fingerprint density at radius 1 is 1.15 bits per heavy atom. The highest BCUT2D eigenvalue weighted by Crippen LogP contribution is 2.51. The number of rotatable bonds is 3. The summed E-state index contributed by atoms with van der Waals surface area (Å²) in [5.74, 6) is -0.345. The van der Waals surface area contributed by atoms with E-state index in [1.54, 1.807) is 5.06 Å². The van der Waals surface area contributed by atoms with E-state index in [1.165, 1.54) is 0 Å². The normalized spacial score (nSPS) is 28.0. The van der Waals surface area contributed by atoms with Crippen molar-refractivity contribution in [2.75, 3.05) is 5.06 Å². The van der Waals surface area contributed by atoms with Gasteiger partial charge in [0.15, 0.2) is 12.1 Å². The number of hydrogen-bond donors (Lipinski definition) is 0. The largest absolute Gasteiger partial charge is 0.333 e. The Kier molecular flexibility index (Phi) is 4.00. The van der Waals surface area contributed by atoms with Crippen molar-refractivity contribution in [3.63, 3.8) is 0 Å². The van der Waals surface area contributed by atoms with Crippen molar-refractivity contribution in [2.45, 2.75) is 43.9 Å². The SMILES string of the molecule is Cc1ccc(N2OC3CCCC(=O)[C@]3([N+](=O)[O-])[C@@H]2c2ccccc2)cc1. The zero-order chi connectivity index (χ0) is 18.3. The number of nitro groups is 1. The Bertz CT molecular complexity index is 837. The Morgan fingerprint density at radius 2 is 1.85 bits per heavy atom. The van der Waals surface area contributed by atoms with Crippen molar-refractivity contribution in [3.8, 4) is 0 Å². The molecule has 2 aromatic rings. The molecule has 1 saturated heterocycles. The molecule has 6 heteroatoms. The molecule has 0 N–H and O–H groups in total. The average molecular weight is 352 g/mol. The van der Waals surface area contributed by atoms with E-state index in [4.69, 9.17) is 4.84 Å². The van der Waals surface area contributed by atoms with Crippen LogP contribution in [0.4, 0.5) is 5.69 Å². The van der Waals surface area contributed by atoms with Crippen LogP contribution in [0.2, 0.25) is 0 Å². The van der Waals surface area contributed by atoms with Crippen LogP contribution in [0.3, 0.4) is 0 Å². The third-order valence-corrected chi connectivity index (χ3v) is 5.41. The second-order valence-corrected chi connectivity index (χ2v) is 6.97. The fourth-order valence-corrected chi connectivity index (χ4v) is 4.13. The summed E-state index contributed by atoms with van der Waals surface area (Å²) in [4.78, 5) is 30.8. The van der Waals surface area contributed by atoms with Crippen molar-refractivity contribution >= 4 is 11.5 Å². The van der Waals surface area contributed by atoms with Gasteiger partial charge in [-0.05, 0) is 37.5 Å². The van der Waals surface area contributed by atoms with Gasteiger partial charge in [-0.2, -0.15) is 0 Å². The molecule has 2 aromatic carbocycles. The minimum Gasteiger partial charge on any atom is -0.291 e. The number of fused-ring (bicyclic) bond motifs is 1. The number of ketones is 1. The van der Waals surface area contributed by atoms with Gasteiger partial charge < -0.3 is 0 Å². The maximum Gasteiger partial charge on any atom is 0.333 e. The molecule has 6 nitrogen and oxygen atoms in total. The highest BCUT2D eigenvalue weighted by molar-refractivity contribution is 5.91. The minimum atomic E-state index is -1.77. The van der Waals surface area contributed by atoms with Crippen LogP contribution in [-0.2, 0) is 9.63 Å². The number of benzene rings is 2. The van der Waals surface area contributed by atoms with E-state index in [0.717, 1.165) is 5.56 Å². The highest BCUT2D eigenvalue weighted by atomic mass is 16.7. The maximum atomic E-state index is 12.9. The maximum absolute atomic E-state index is 12.9. The van der Waals surface area contributed by atoms with E-state index in [2.05, 4.69) is 0 Å². The molecule has 2 aliphatic rings. The zero-order valence-corrected chi connectivity index (χ0v) is 14.5. The van der Waals surface area contributed by atoms with Gasteiger partial charge in [0.25, 0.3) is 0 Å². The van der Waals surface area contributed by atoms with Crippen molar-refractivity contribution in [2.24, 2.45) is 0 Å². The van der Waals surface area contributed by atoms with Gasteiger partial charge in [0.2, 0.25) is 5.78 Å². The number of carbonyl (C=O) groups excluding carboxylic acids is 1. The lowest BCUT2D eigenvalue weighted by Crippen LogP contribution is -2.58. The summed E-state index contributed by atoms with van der Waals surface area (Å²) in [5.41, 5.74) is 0.738. The summed E-state index contributed by atoms with van der Waals surface area (Å²) in [7, 11) is 0. The molecule has 1 aliphatic carbocycles. The van der Waals surface area contributed by atoms with Crippen LogP contribution in [0.1, 0.15) is 36.4 Å². The molecule has 0 aromatic heterocycles. The third kappa shape index (κ3) is 2.33. The topological polar surface area (TPSA) is 72.7 Å². The highest BCUT2D eigenvalue weighted by Gasteiger charge is 2.71. The van der Waals surface area contributed by atoms with Crippen molar-refractivity contribution in [1.82, 2.24) is 0 Å². The Hall–Kier alpha value is -2.73. The first kappa shape index (κ1) is 16.7. The molecule has 0 spiro atoms. The van der Waals surface area contributed by atoms with Gasteiger partial charge in [-0.3, -0.25) is 19.7 Å². The van der Waals surface area contributed by atoms with Gasteiger partial charge in [-0.15, -0.1) is 0 Å². The Labute approximate surface area is 151 Å². The number of hydroxylamine groups is 1. The molecule has 1 aliphatic heterocycles. The zero-order valence-electron chi connectivity index (χ0n) is 14.5. The molecule has 134 valence electrons. The van der Waals surface area contributed by atoms with E-state index in [0.29, 0.717) is 24.1 Å². The summed E-state index contributed by atoms with van der Waals surface area (Å²) in [6.07, 6.45) is 0.567. The molecule has 0 bridgehead atoms. The van der Waals surface area contributed by atoms with Gasteiger partial charge in [0, 0.05) is 11.3 Å². The second-order valence-electron chi connectivity index (χ2n) is 6.97. The molecule has 1 unspecified atom stereocenters. The lowest BCUT2D eigenvalue weighted by molar-refractivity contribution is -0.561. The average Bonchev–Trinajstić information content (AvgIpc) is 3.00. The number of Topliss-reactive ketones (excluding diaryl/α,β-unsaturated/α-hetero) is 1. The Balaban J connectivity index is 1.91. The summed E-state index contributed by atoms with van der Waals surface area (Å²) in [6, 6.07) is 16.0. The lowest BCUT2D eigenvalue weighted by Gasteiger charge is -2.32. The van der Waals surface area contributed by atoms with Crippen LogP contribution in [-0.4, -0.2) is 22.3 Å². The van der Waals surface area contributed by atoms with Gasteiger partial charge in [-0.1, -0.05) is 48.0 Å². The standard InChI is InChI=1S/C20H20N2O4/c1-14-10-12-16(13-11-14)21-19(15-6-3-2-4-7-15)20(22(24)25)17(23)8-5-9-18(20)26-21/h2-4,6-7,10-13,18-19H,5,8-9H2,1H3/t18?,19-,20+/m0/s1. The number of aryl methyl sites for hydroxylation is 1. The number of nitrogens with zero attached hydrogens (tertiary/aromatic N) is 2. The van der Waals surface area contributed by atoms with E-state index in [-0.39, 0.29) is 12.2 Å². The van der Waals surface area contributed by atoms with Crippen LogP contribution < -0.4 is 5.06 Å². The predicted molar refractivity (Wildman–Crippen MR) is 96.3 cm³/mol. The van der Waals surface area contributed by atoms with Crippen molar-refractivity contribution in [1.29, 1.82) is 0 Å². The summed E-state index contributed by atoms with van der Waals surface area (Å²) >= 11 is 0. The van der Waals surface area contributed by atoms with Crippen LogP contribution in [0.15, 0.2) is 54.6 Å². The van der Waals surface area contributed by atoms with Crippen LogP contribution in [0.5, 0.6) is 0 Å². The molecule has 1 saturated carbocycles. The number of anilines is 1. The van der Waals surface area contributed by atoms with Gasteiger partial charge >= 0.3 is 5.54 Å². The van der Waals surface area contributed by atoms with Crippen LogP contribution in [0, 0.1) is 17.0 Å². The van der Waals surface area contributed by atoms with Crippen LogP contribution in [0.25, 0.3) is 0 Å². The lowest BCUT2D eigenvalue weighted by atomic mass is 9.72. The quantitative estimate of drug-likeness (QED) is 0.623. The molecular weight excluding hydrogens is 332 g/mol. The fraction of sp³-hybridized carbons (Fsp3) is 0.350. The first-order valence-corrected chi connectivity index (χ1v) is 8.80. The van der Waals surface area contributed by atoms with Gasteiger partial charge in [0.1, 0.15) is 0 Å². The predicted octanol–water partition coefficient (Wildman–Crippen LogP) is 3.63. The summed E-state index contributed by atoms with van der Waals surface area (Å²) in [6.45, 7) is 1.98. The van der Waals surface area contributed by atoms with Crippen molar-refractivity contribution < 1.29 is 14.6 Å². The molecule has 0 amide bonds. The molecular formula is C20H20N2O4. The van der Waals surface area contributed by atoms with E-state index in [9.17, 15) is 14.9 Å². The third-order valence-electron chi connectivity index (χ3n) is 5.41. The van der Waals surface area contributed by atoms with Crippen LogP contribution >= 0.6 is 0 Å². The molecule has 4 rings (SSSR count). The number of carbonyl (C=O) groups is 1. The Morgan fingerprint density at radius 3 is 2.50 bits per heavy atom. The summed E-state index contributed by atoms with van der Waals surface area (Å²) in [5, 5.41) is 13.8. The first-order chi connectivity index (χ1) is 12.5. The molecule has 0 radical (unpaired) electrons. The van der Waals surface area contributed by atoms with Crippen molar-refractivity contribution in [3.05, 3.63) is 75.8 Å². The molecule has 3 atom stereocenters. The fourth-order valence-electron chi connectivity index (χ4n) is 4.13. The number of hydrogen-bond acceptors (Lipinski definition) is 5.